The number of carbonyl (C=O) groups is 1. The van der Waals surface area contributed by atoms with Crippen molar-refractivity contribution in [2.75, 3.05) is 19.7 Å². The molecule has 1 aliphatic heterocycles. The number of nitrogens with one attached hydrogen (secondary N) is 2. The van der Waals surface area contributed by atoms with Gasteiger partial charge in [0.2, 0.25) is 0 Å². The zero-order valence-corrected chi connectivity index (χ0v) is 11.0. The number of hydrogen-bond donors (Lipinski definition) is 2. The van der Waals surface area contributed by atoms with Crippen LogP contribution in [0, 0.1) is 11.6 Å². The van der Waals surface area contributed by atoms with E-state index >= 15 is 0 Å². The molecule has 2 rings (SSSR count). The average molecular weight is 286 g/mol. The summed E-state index contributed by atoms with van der Waals surface area (Å²) in [5, 5.41) is 5.41. The molecule has 5 nitrogen and oxygen atoms in total. The van der Waals surface area contributed by atoms with Crippen molar-refractivity contribution in [1.82, 2.24) is 10.6 Å². The van der Waals surface area contributed by atoms with Gasteiger partial charge in [-0.05, 0) is 24.2 Å². The van der Waals surface area contributed by atoms with Crippen LogP contribution in [-0.2, 0) is 11.3 Å². The van der Waals surface area contributed by atoms with Crippen molar-refractivity contribution < 1.29 is 23.0 Å². The van der Waals surface area contributed by atoms with Gasteiger partial charge in [-0.1, -0.05) is 6.92 Å². The van der Waals surface area contributed by atoms with Crippen molar-refractivity contribution in [3.8, 4) is 5.75 Å². The predicted octanol–water partition coefficient (Wildman–Crippen LogP) is 1.56. The van der Waals surface area contributed by atoms with Crippen LogP contribution in [-0.4, -0.2) is 31.9 Å². The van der Waals surface area contributed by atoms with Crippen LogP contribution < -0.4 is 15.4 Å². The summed E-state index contributed by atoms with van der Waals surface area (Å²) < 4.78 is 37.4. The van der Waals surface area contributed by atoms with Gasteiger partial charge in [0.15, 0.2) is 23.5 Å². The van der Waals surface area contributed by atoms with Crippen molar-refractivity contribution >= 4 is 6.09 Å². The first-order valence-corrected chi connectivity index (χ1v) is 6.36. The van der Waals surface area contributed by atoms with Crippen molar-refractivity contribution in [3.63, 3.8) is 0 Å². The SMILES string of the molecule is CCNCc1cc(F)c(OCC2CNC(=O)O2)c(F)c1. The van der Waals surface area contributed by atoms with E-state index in [-0.39, 0.29) is 13.2 Å². The number of halogens is 2. The highest BCUT2D eigenvalue weighted by atomic mass is 19.1. The molecule has 1 unspecified atom stereocenters. The topological polar surface area (TPSA) is 59.6 Å². The largest absolute Gasteiger partial charge is 0.484 e. The second-order valence-electron chi connectivity index (χ2n) is 4.39. The van der Waals surface area contributed by atoms with Gasteiger partial charge in [-0.2, -0.15) is 0 Å². The number of amides is 1. The molecule has 0 aromatic heterocycles. The lowest BCUT2D eigenvalue weighted by molar-refractivity contribution is 0.101. The van der Waals surface area contributed by atoms with Gasteiger partial charge >= 0.3 is 6.09 Å². The Morgan fingerprint density at radius 1 is 1.45 bits per heavy atom. The summed E-state index contributed by atoms with van der Waals surface area (Å²) in [6, 6.07) is 2.44. The highest BCUT2D eigenvalue weighted by molar-refractivity contribution is 5.69. The summed E-state index contributed by atoms with van der Waals surface area (Å²) in [6.45, 7) is 3.16. The fraction of sp³-hybridized carbons (Fsp3) is 0.462. The molecule has 1 saturated heterocycles. The van der Waals surface area contributed by atoms with Gasteiger partial charge in [0.05, 0.1) is 6.54 Å². The number of alkyl carbamates (subject to hydrolysis) is 1. The molecule has 0 bridgehead atoms. The number of ether oxygens (including phenoxy) is 2. The maximum absolute atomic E-state index is 13.8. The smallest absolute Gasteiger partial charge is 0.407 e. The van der Waals surface area contributed by atoms with Crippen molar-refractivity contribution in [2.24, 2.45) is 0 Å². The molecule has 1 fully saturated rings. The van der Waals surface area contributed by atoms with Crippen molar-refractivity contribution in [1.29, 1.82) is 0 Å². The summed E-state index contributed by atoms with van der Waals surface area (Å²) in [5.74, 6) is -1.99. The maximum atomic E-state index is 13.8. The Morgan fingerprint density at radius 2 is 2.15 bits per heavy atom. The van der Waals surface area contributed by atoms with Gasteiger partial charge in [-0.15, -0.1) is 0 Å². The molecule has 0 saturated carbocycles. The summed E-state index contributed by atoms with van der Waals surface area (Å²) >= 11 is 0. The van der Waals surface area contributed by atoms with E-state index in [0.29, 0.717) is 18.7 Å². The fourth-order valence-electron chi connectivity index (χ4n) is 1.82. The normalized spacial score (nSPS) is 17.8. The molecule has 20 heavy (non-hydrogen) atoms. The van der Waals surface area contributed by atoms with Gasteiger partial charge in [0, 0.05) is 6.54 Å². The lowest BCUT2D eigenvalue weighted by atomic mass is 10.2. The van der Waals surface area contributed by atoms with E-state index < -0.39 is 29.6 Å². The lowest BCUT2D eigenvalue weighted by Crippen LogP contribution is -2.22. The lowest BCUT2D eigenvalue weighted by Gasteiger charge is -2.12. The zero-order chi connectivity index (χ0) is 14.5. The Hall–Kier alpha value is -1.89. The minimum absolute atomic E-state index is 0.0981. The molecule has 1 heterocycles. The molecule has 1 aromatic carbocycles. The van der Waals surface area contributed by atoms with E-state index in [2.05, 4.69) is 10.6 Å². The Kier molecular flexibility index (Phi) is 4.73. The Balaban J connectivity index is 1.98. The van der Waals surface area contributed by atoms with Gasteiger partial charge < -0.3 is 20.1 Å². The molecule has 0 aliphatic carbocycles. The third kappa shape index (κ3) is 3.57. The summed E-state index contributed by atoms with van der Waals surface area (Å²) in [4.78, 5) is 10.8. The van der Waals surface area contributed by atoms with Crippen LogP contribution in [0.2, 0.25) is 0 Å². The van der Waals surface area contributed by atoms with Crippen LogP contribution in [0.4, 0.5) is 13.6 Å². The second-order valence-corrected chi connectivity index (χ2v) is 4.39. The van der Waals surface area contributed by atoms with Gasteiger partial charge in [0.1, 0.15) is 6.61 Å². The minimum Gasteiger partial charge on any atom is -0.484 e. The highest BCUT2D eigenvalue weighted by Gasteiger charge is 2.24. The molecule has 0 radical (unpaired) electrons. The first-order valence-electron chi connectivity index (χ1n) is 6.36. The van der Waals surface area contributed by atoms with Crippen LogP contribution in [0.15, 0.2) is 12.1 Å². The Morgan fingerprint density at radius 3 is 2.70 bits per heavy atom. The fourth-order valence-corrected chi connectivity index (χ4v) is 1.82. The number of hydrogen-bond acceptors (Lipinski definition) is 4. The molecule has 1 aromatic rings. The molecule has 2 N–H and O–H groups in total. The first kappa shape index (κ1) is 14.5. The van der Waals surface area contributed by atoms with Crippen LogP contribution in [0.1, 0.15) is 12.5 Å². The monoisotopic (exact) mass is 286 g/mol. The molecular weight excluding hydrogens is 270 g/mol. The Labute approximate surface area is 115 Å². The molecule has 1 aliphatic rings. The molecule has 1 atom stereocenters. The van der Waals surface area contributed by atoms with Crippen molar-refractivity contribution in [2.45, 2.75) is 19.6 Å². The number of cyclic esters (lactones) is 1. The molecule has 0 spiro atoms. The third-order valence-electron chi connectivity index (χ3n) is 2.80. The summed E-state index contributed by atoms with van der Waals surface area (Å²) in [5.41, 5.74) is 0.503. The van der Waals surface area contributed by atoms with E-state index in [1.807, 2.05) is 6.92 Å². The number of benzene rings is 1. The molecule has 1 amide bonds. The van der Waals surface area contributed by atoms with Gasteiger partial charge in [-0.3, -0.25) is 0 Å². The number of rotatable bonds is 6. The standard InChI is InChI=1S/C13H16F2N2O3/c1-2-16-5-8-3-10(14)12(11(15)4-8)19-7-9-6-17-13(18)20-9/h3-4,9,16H,2,5-7H2,1H3,(H,17,18). The zero-order valence-electron chi connectivity index (χ0n) is 11.0. The van der Waals surface area contributed by atoms with Crippen LogP contribution in [0.25, 0.3) is 0 Å². The highest BCUT2D eigenvalue weighted by Crippen LogP contribution is 2.24. The quantitative estimate of drug-likeness (QED) is 0.833. The molecular formula is C13H16F2N2O3. The van der Waals surface area contributed by atoms with Gasteiger partial charge in [0.25, 0.3) is 0 Å². The third-order valence-corrected chi connectivity index (χ3v) is 2.80. The maximum Gasteiger partial charge on any atom is 0.407 e. The predicted molar refractivity (Wildman–Crippen MR) is 67.5 cm³/mol. The van der Waals surface area contributed by atoms with Crippen LogP contribution >= 0.6 is 0 Å². The molecule has 110 valence electrons. The van der Waals surface area contributed by atoms with Crippen molar-refractivity contribution in [3.05, 3.63) is 29.3 Å². The minimum atomic E-state index is -0.768. The van der Waals surface area contributed by atoms with Crippen LogP contribution in [0.3, 0.4) is 0 Å². The van der Waals surface area contributed by atoms with E-state index in [9.17, 15) is 13.6 Å². The second kappa shape index (κ2) is 6.51. The summed E-state index contributed by atoms with van der Waals surface area (Å²) in [7, 11) is 0. The van der Waals surface area contributed by atoms with E-state index in [1.54, 1.807) is 0 Å². The first-order chi connectivity index (χ1) is 9.60. The average Bonchev–Trinajstić information content (AvgIpc) is 2.81. The van der Waals surface area contributed by atoms with E-state index in [0.717, 1.165) is 0 Å². The van der Waals surface area contributed by atoms with E-state index in [4.69, 9.17) is 9.47 Å². The Bertz CT molecular complexity index is 473. The van der Waals surface area contributed by atoms with Crippen LogP contribution in [0.5, 0.6) is 5.75 Å². The van der Waals surface area contributed by atoms with Gasteiger partial charge in [-0.25, -0.2) is 13.6 Å². The van der Waals surface area contributed by atoms with E-state index in [1.165, 1.54) is 12.1 Å². The number of carbonyl (C=O) groups excluding carboxylic acids is 1. The summed E-state index contributed by atoms with van der Waals surface area (Å²) in [6.07, 6.45) is -1.09. The molecule has 7 heteroatoms.